The zero-order chi connectivity index (χ0) is 27.1. The molecule has 5 nitrogen and oxygen atoms in total. The number of imidazole rings is 1. The number of hydrogen-bond acceptors (Lipinski definition) is 3. The van der Waals surface area contributed by atoms with Crippen LogP contribution < -0.4 is 4.74 Å². The third-order valence-electron chi connectivity index (χ3n) is 6.82. The summed E-state index contributed by atoms with van der Waals surface area (Å²) in [5, 5.41) is 5.08. The first kappa shape index (κ1) is 24.5. The van der Waals surface area contributed by atoms with Crippen LogP contribution >= 0.6 is 0 Å². The van der Waals surface area contributed by atoms with Crippen LogP contribution in [0.5, 0.6) is 5.75 Å². The molecular formula is C31H23F3N4O. The van der Waals surface area contributed by atoms with Crippen LogP contribution in [0.15, 0.2) is 103 Å². The Labute approximate surface area is 222 Å². The highest BCUT2D eigenvalue weighted by Crippen LogP contribution is 2.43. The van der Waals surface area contributed by atoms with Crippen LogP contribution in [-0.2, 0) is 13.2 Å². The third kappa shape index (κ3) is 4.24. The van der Waals surface area contributed by atoms with E-state index >= 15 is 0 Å². The van der Waals surface area contributed by atoms with Crippen LogP contribution in [0, 0.1) is 0 Å². The number of alkyl halides is 3. The number of rotatable bonds is 5. The highest BCUT2D eigenvalue weighted by atomic mass is 19.4. The van der Waals surface area contributed by atoms with E-state index in [0.29, 0.717) is 17.0 Å². The van der Waals surface area contributed by atoms with Gasteiger partial charge in [0.05, 0.1) is 29.6 Å². The SMILES string of the molecule is COc1ccc(-c2c(-c3ccc(C(F)(F)F)cc3)n3nc(-c4ccccc4)c(-c4ccncc4)c3n2C)cc1. The maximum absolute atomic E-state index is 13.4. The van der Waals surface area contributed by atoms with E-state index in [0.717, 1.165) is 51.4 Å². The van der Waals surface area contributed by atoms with Gasteiger partial charge in [-0.2, -0.15) is 18.3 Å². The molecule has 0 spiro atoms. The van der Waals surface area contributed by atoms with Gasteiger partial charge in [-0.05, 0) is 54.1 Å². The molecule has 3 aromatic carbocycles. The number of fused-ring (bicyclic) bond motifs is 1. The zero-order valence-corrected chi connectivity index (χ0v) is 21.1. The monoisotopic (exact) mass is 524 g/mol. The molecule has 0 bridgehead atoms. The minimum atomic E-state index is -4.43. The quantitative estimate of drug-likeness (QED) is 0.232. The van der Waals surface area contributed by atoms with Crippen LogP contribution in [0.4, 0.5) is 13.2 Å². The van der Waals surface area contributed by atoms with Gasteiger partial charge >= 0.3 is 6.18 Å². The Morgan fingerprint density at radius 3 is 1.92 bits per heavy atom. The summed E-state index contributed by atoms with van der Waals surface area (Å²) in [5.74, 6) is 0.706. The maximum Gasteiger partial charge on any atom is 0.416 e. The molecule has 0 aliphatic heterocycles. The van der Waals surface area contributed by atoms with E-state index in [4.69, 9.17) is 9.84 Å². The van der Waals surface area contributed by atoms with Gasteiger partial charge in [-0.25, -0.2) is 4.52 Å². The van der Waals surface area contributed by atoms with E-state index in [9.17, 15) is 13.2 Å². The Morgan fingerprint density at radius 2 is 1.31 bits per heavy atom. The summed E-state index contributed by atoms with van der Waals surface area (Å²) < 4.78 is 49.4. The summed E-state index contributed by atoms with van der Waals surface area (Å²) in [6.07, 6.45) is -0.959. The molecule has 0 saturated carbocycles. The summed E-state index contributed by atoms with van der Waals surface area (Å²) >= 11 is 0. The number of aromatic nitrogens is 4. The molecule has 39 heavy (non-hydrogen) atoms. The number of ether oxygens (including phenoxy) is 1. The number of benzene rings is 3. The van der Waals surface area contributed by atoms with Crippen molar-refractivity contribution in [2.24, 2.45) is 7.05 Å². The largest absolute Gasteiger partial charge is 0.497 e. The van der Waals surface area contributed by atoms with Gasteiger partial charge in [-0.1, -0.05) is 42.5 Å². The normalized spacial score (nSPS) is 11.7. The lowest BCUT2D eigenvalue weighted by molar-refractivity contribution is -0.137. The number of methoxy groups -OCH3 is 1. The topological polar surface area (TPSA) is 44.4 Å². The Hall–Kier alpha value is -4.85. The van der Waals surface area contributed by atoms with Gasteiger partial charge in [0.25, 0.3) is 0 Å². The standard InChI is InChI=1S/C31H23F3N4O/c1-37-28(22-10-14-25(39-2)15-11-22)29(23-8-12-24(13-9-23)31(32,33)34)38-30(37)26(20-16-18-35-19-17-20)27(36-38)21-6-4-3-5-7-21/h3-19H,1-2H3. The van der Waals surface area contributed by atoms with Crippen LogP contribution in [0.2, 0.25) is 0 Å². The van der Waals surface area contributed by atoms with Crippen molar-refractivity contribution >= 4 is 5.65 Å². The highest BCUT2D eigenvalue weighted by molar-refractivity contribution is 5.95. The van der Waals surface area contributed by atoms with Gasteiger partial charge in [-0.3, -0.25) is 4.98 Å². The Morgan fingerprint density at radius 1 is 0.692 bits per heavy atom. The number of nitrogens with zero attached hydrogens (tertiary/aromatic N) is 4. The smallest absolute Gasteiger partial charge is 0.416 e. The molecule has 3 aromatic heterocycles. The lowest BCUT2D eigenvalue weighted by atomic mass is 10.0. The first-order chi connectivity index (χ1) is 18.9. The first-order valence-electron chi connectivity index (χ1n) is 12.3. The van der Waals surface area contributed by atoms with Gasteiger partial charge in [0.15, 0.2) is 0 Å². The molecule has 194 valence electrons. The van der Waals surface area contributed by atoms with Gasteiger partial charge < -0.3 is 9.30 Å². The van der Waals surface area contributed by atoms with Crippen LogP contribution in [0.1, 0.15) is 5.56 Å². The second-order valence-electron chi connectivity index (χ2n) is 9.12. The van der Waals surface area contributed by atoms with Crippen molar-refractivity contribution < 1.29 is 17.9 Å². The third-order valence-corrected chi connectivity index (χ3v) is 6.82. The summed E-state index contributed by atoms with van der Waals surface area (Å²) in [5.41, 5.74) is 6.62. The molecule has 0 radical (unpaired) electrons. The molecule has 0 aliphatic carbocycles. The fraction of sp³-hybridized carbons (Fsp3) is 0.0968. The lowest BCUT2D eigenvalue weighted by Crippen LogP contribution is -2.04. The van der Waals surface area contributed by atoms with E-state index in [1.165, 1.54) is 12.1 Å². The van der Waals surface area contributed by atoms with Crippen LogP contribution in [0.25, 0.3) is 50.5 Å². The number of halogens is 3. The molecule has 0 unspecified atom stereocenters. The number of pyridine rings is 1. The van der Waals surface area contributed by atoms with Crippen LogP contribution in [0.3, 0.4) is 0 Å². The number of hydrogen-bond donors (Lipinski definition) is 0. The molecular weight excluding hydrogens is 501 g/mol. The molecule has 0 saturated heterocycles. The summed E-state index contributed by atoms with van der Waals surface area (Å²) in [4.78, 5) is 4.18. The lowest BCUT2D eigenvalue weighted by Gasteiger charge is -2.11. The first-order valence-corrected chi connectivity index (χ1v) is 12.3. The van der Waals surface area contributed by atoms with E-state index in [-0.39, 0.29) is 0 Å². The van der Waals surface area contributed by atoms with Gasteiger partial charge in [-0.15, -0.1) is 0 Å². The van der Waals surface area contributed by atoms with Crippen molar-refractivity contribution in [2.75, 3.05) is 7.11 Å². The number of aryl methyl sites for hydroxylation is 1. The second kappa shape index (κ2) is 9.47. The van der Waals surface area contributed by atoms with E-state index in [2.05, 4.69) is 4.98 Å². The average molecular weight is 525 g/mol. The molecule has 0 aliphatic rings. The summed E-state index contributed by atoms with van der Waals surface area (Å²) in [7, 11) is 3.55. The minimum absolute atomic E-state index is 0.614. The fourth-order valence-electron chi connectivity index (χ4n) is 4.98. The summed E-state index contributed by atoms with van der Waals surface area (Å²) in [6, 6.07) is 26.5. The van der Waals surface area contributed by atoms with Crippen molar-refractivity contribution in [3.8, 4) is 50.6 Å². The van der Waals surface area contributed by atoms with E-state index < -0.39 is 11.7 Å². The zero-order valence-electron chi connectivity index (χ0n) is 21.1. The molecule has 6 aromatic rings. The van der Waals surface area contributed by atoms with Gasteiger partial charge in [0, 0.05) is 36.1 Å². The van der Waals surface area contributed by atoms with Crippen molar-refractivity contribution in [2.45, 2.75) is 6.18 Å². The Kier molecular flexibility index (Phi) is 5.95. The fourth-order valence-corrected chi connectivity index (χ4v) is 4.98. The Balaban J connectivity index is 1.70. The minimum Gasteiger partial charge on any atom is -0.497 e. The highest BCUT2D eigenvalue weighted by Gasteiger charge is 2.31. The molecule has 0 atom stereocenters. The van der Waals surface area contributed by atoms with Gasteiger partial charge in [0.2, 0.25) is 0 Å². The predicted molar refractivity (Wildman–Crippen MR) is 145 cm³/mol. The Bertz CT molecular complexity index is 1750. The molecule has 0 amide bonds. The van der Waals surface area contributed by atoms with Crippen molar-refractivity contribution in [1.82, 2.24) is 19.2 Å². The molecule has 6 rings (SSSR count). The molecule has 8 heteroatoms. The predicted octanol–water partition coefficient (Wildman–Crippen LogP) is 7.76. The second-order valence-corrected chi connectivity index (χ2v) is 9.12. The molecule has 0 N–H and O–H groups in total. The molecule has 0 fully saturated rings. The molecule has 3 heterocycles. The van der Waals surface area contributed by atoms with Crippen molar-refractivity contribution in [1.29, 1.82) is 0 Å². The maximum atomic E-state index is 13.4. The average Bonchev–Trinajstić information content (AvgIpc) is 3.49. The van der Waals surface area contributed by atoms with E-state index in [1.54, 1.807) is 19.5 Å². The van der Waals surface area contributed by atoms with E-state index in [1.807, 2.05) is 82.9 Å². The van der Waals surface area contributed by atoms with Crippen LogP contribution in [-0.4, -0.2) is 26.3 Å². The van der Waals surface area contributed by atoms with Crippen molar-refractivity contribution in [3.63, 3.8) is 0 Å². The summed E-state index contributed by atoms with van der Waals surface area (Å²) in [6.45, 7) is 0. The van der Waals surface area contributed by atoms with Crippen molar-refractivity contribution in [3.05, 3.63) is 109 Å². The van der Waals surface area contributed by atoms with Gasteiger partial charge in [0.1, 0.15) is 17.1 Å².